The Balaban J connectivity index is 2.80. The van der Waals surface area contributed by atoms with Gasteiger partial charge in [-0.05, 0) is 44.3 Å². The first-order valence-corrected chi connectivity index (χ1v) is 6.90. The molecule has 0 aliphatic carbocycles. The van der Waals surface area contributed by atoms with Crippen LogP contribution in [0.4, 0.5) is 0 Å². The number of hydrogen-bond acceptors (Lipinski definition) is 4. The molecule has 0 saturated heterocycles. The molecular formula is C15H22N2O4. The normalized spacial score (nSPS) is 13.7. The fourth-order valence-corrected chi connectivity index (χ4v) is 2.21. The van der Waals surface area contributed by atoms with Crippen LogP contribution in [-0.2, 0) is 4.79 Å². The zero-order valence-electron chi connectivity index (χ0n) is 12.6. The van der Waals surface area contributed by atoms with Gasteiger partial charge in [0.15, 0.2) is 0 Å². The lowest BCUT2D eigenvalue weighted by molar-refractivity contribution is -0.150. The lowest BCUT2D eigenvalue weighted by Gasteiger charge is -2.36. The van der Waals surface area contributed by atoms with Crippen LogP contribution in [-0.4, -0.2) is 52.2 Å². The zero-order chi connectivity index (χ0) is 16.0. The first kappa shape index (κ1) is 17.0. The van der Waals surface area contributed by atoms with E-state index in [0.717, 1.165) is 0 Å². The maximum Gasteiger partial charge on any atom is 0.325 e. The van der Waals surface area contributed by atoms with E-state index in [0.29, 0.717) is 18.7 Å². The van der Waals surface area contributed by atoms with E-state index in [-0.39, 0.29) is 18.2 Å². The average Bonchev–Trinajstić information content (AvgIpc) is 2.46. The van der Waals surface area contributed by atoms with Gasteiger partial charge in [-0.3, -0.25) is 14.5 Å². The van der Waals surface area contributed by atoms with Gasteiger partial charge in [0, 0.05) is 12.1 Å². The molecular weight excluding hydrogens is 272 g/mol. The fourth-order valence-electron chi connectivity index (χ4n) is 2.21. The van der Waals surface area contributed by atoms with Crippen molar-refractivity contribution in [2.75, 3.05) is 19.6 Å². The molecule has 116 valence electrons. The molecule has 0 spiro atoms. The lowest BCUT2D eigenvalue weighted by atomic mass is 9.99. The molecule has 0 aliphatic rings. The van der Waals surface area contributed by atoms with E-state index in [2.05, 4.69) is 5.32 Å². The number of nitrogens with zero attached hydrogens (tertiary/aromatic N) is 1. The minimum atomic E-state index is -1.16. The summed E-state index contributed by atoms with van der Waals surface area (Å²) >= 11 is 0. The molecule has 0 aromatic heterocycles. The SMILES string of the molecule is CCN(CC)[C@@](C)(CNC(=O)c1ccc(O)cc1)C(=O)O. The molecule has 0 fully saturated rings. The van der Waals surface area contributed by atoms with E-state index >= 15 is 0 Å². The van der Waals surface area contributed by atoms with E-state index < -0.39 is 11.5 Å². The predicted molar refractivity (Wildman–Crippen MR) is 79.4 cm³/mol. The van der Waals surface area contributed by atoms with Gasteiger partial charge in [-0.2, -0.15) is 0 Å². The molecule has 1 rings (SSSR count). The molecule has 0 unspecified atom stereocenters. The van der Waals surface area contributed by atoms with Crippen LogP contribution in [0.3, 0.4) is 0 Å². The molecule has 1 aromatic carbocycles. The number of benzene rings is 1. The molecule has 6 heteroatoms. The number of carbonyl (C=O) groups is 2. The number of rotatable bonds is 7. The summed E-state index contributed by atoms with van der Waals surface area (Å²) in [5.74, 6) is -1.27. The third-order valence-electron chi connectivity index (χ3n) is 3.64. The molecule has 0 radical (unpaired) electrons. The molecule has 21 heavy (non-hydrogen) atoms. The maximum atomic E-state index is 12.0. The summed E-state index contributed by atoms with van der Waals surface area (Å²) in [6.45, 7) is 6.52. The molecule has 1 amide bonds. The molecule has 0 heterocycles. The Bertz CT molecular complexity index is 497. The quantitative estimate of drug-likeness (QED) is 0.705. The fraction of sp³-hybridized carbons (Fsp3) is 0.467. The maximum absolute atomic E-state index is 12.0. The van der Waals surface area contributed by atoms with E-state index in [1.807, 2.05) is 13.8 Å². The summed E-state index contributed by atoms with van der Waals surface area (Å²) in [7, 11) is 0. The summed E-state index contributed by atoms with van der Waals surface area (Å²) < 4.78 is 0. The standard InChI is InChI=1S/C15H22N2O4/c1-4-17(5-2)15(3,14(20)21)10-16-13(19)11-6-8-12(18)9-7-11/h6-9,18H,4-5,10H2,1-3H3,(H,16,19)(H,20,21)/t15-/m0/s1. The van der Waals surface area contributed by atoms with Crippen LogP contribution >= 0.6 is 0 Å². The van der Waals surface area contributed by atoms with Crippen molar-refractivity contribution in [2.24, 2.45) is 0 Å². The highest BCUT2D eigenvalue weighted by molar-refractivity contribution is 5.94. The third-order valence-corrected chi connectivity index (χ3v) is 3.64. The van der Waals surface area contributed by atoms with Gasteiger partial charge in [0.2, 0.25) is 0 Å². The van der Waals surface area contributed by atoms with Crippen LogP contribution < -0.4 is 5.32 Å². The Morgan fingerprint density at radius 2 is 1.71 bits per heavy atom. The Kier molecular flexibility index (Phi) is 5.72. The minimum absolute atomic E-state index is 0.00369. The second-order valence-electron chi connectivity index (χ2n) is 4.98. The molecule has 1 aromatic rings. The Morgan fingerprint density at radius 3 is 2.14 bits per heavy atom. The number of aromatic hydroxyl groups is 1. The average molecular weight is 294 g/mol. The Labute approximate surface area is 124 Å². The number of carbonyl (C=O) groups excluding carboxylic acids is 1. The van der Waals surface area contributed by atoms with Crippen molar-refractivity contribution in [2.45, 2.75) is 26.3 Å². The van der Waals surface area contributed by atoms with Crippen molar-refractivity contribution in [3.05, 3.63) is 29.8 Å². The zero-order valence-corrected chi connectivity index (χ0v) is 12.6. The first-order chi connectivity index (χ1) is 9.85. The highest BCUT2D eigenvalue weighted by Gasteiger charge is 2.38. The third kappa shape index (κ3) is 3.95. The highest BCUT2D eigenvalue weighted by atomic mass is 16.4. The van der Waals surface area contributed by atoms with E-state index in [1.165, 1.54) is 24.3 Å². The molecule has 0 aliphatic heterocycles. The van der Waals surface area contributed by atoms with Crippen molar-refractivity contribution >= 4 is 11.9 Å². The number of phenols is 1. The van der Waals surface area contributed by atoms with Crippen molar-refractivity contribution in [1.82, 2.24) is 10.2 Å². The minimum Gasteiger partial charge on any atom is -0.508 e. The molecule has 0 bridgehead atoms. The monoisotopic (exact) mass is 294 g/mol. The number of amides is 1. The van der Waals surface area contributed by atoms with Crippen LogP contribution in [0.25, 0.3) is 0 Å². The summed E-state index contributed by atoms with van der Waals surface area (Å²) in [6.07, 6.45) is 0. The topological polar surface area (TPSA) is 89.9 Å². The second-order valence-corrected chi connectivity index (χ2v) is 4.98. The van der Waals surface area contributed by atoms with Gasteiger partial charge in [-0.15, -0.1) is 0 Å². The van der Waals surface area contributed by atoms with Crippen LogP contribution in [0.15, 0.2) is 24.3 Å². The highest BCUT2D eigenvalue weighted by Crippen LogP contribution is 2.15. The van der Waals surface area contributed by atoms with Gasteiger partial charge in [0.1, 0.15) is 11.3 Å². The van der Waals surface area contributed by atoms with E-state index in [4.69, 9.17) is 0 Å². The van der Waals surface area contributed by atoms with Crippen LogP contribution in [0.1, 0.15) is 31.1 Å². The van der Waals surface area contributed by atoms with E-state index in [9.17, 15) is 19.8 Å². The van der Waals surface area contributed by atoms with E-state index in [1.54, 1.807) is 11.8 Å². The van der Waals surface area contributed by atoms with Crippen molar-refractivity contribution in [3.63, 3.8) is 0 Å². The molecule has 1 atom stereocenters. The summed E-state index contributed by atoms with van der Waals surface area (Å²) in [5.41, 5.74) is -0.782. The largest absolute Gasteiger partial charge is 0.508 e. The van der Waals surface area contributed by atoms with Crippen molar-refractivity contribution in [1.29, 1.82) is 0 Å². The van der Waals surface area contributed by atoms with Crippen LogP contribution in [0.5, 0.6) is 5.75 Å². The van der Waals surface area contributed by atoms with Crippen LogP contribution in [0.2, 0.25) is 0 Å². The summed E-state index contributed by atoms with van der Waals surface area (Å²) in [5, 5.41) is 21.3. The summed E-state index contributed by atoms with van der Waals surface area (Å²) in [6, 6.07) is 5.80. The number of carboxylic acid groups (broad SMARTS) is 1. The van der Waals surface area contributed by atoms with Gasteiger partial charge in [0.05, 0.1) is 0 Å². The van der Waals surface area contributed by atoms with Gasteiger partial charge in [0.25, 0.3) is 5.91 Å². The van der Waals surface area contributed by atoms with Gasteiger partial charge >= 0.3 is 5.97 Å². The summed E-state index contributed by atoms with van der Waals surface area (Å²) in [4.78, 5) is 25.4. The van der Waals surface area contributed by atoms with Crippen molar-refractivity contribution < 1.29 is 19.8 Å². The van der Waals surface area contributed by atoms with Gasteiger partial charge < -0.3 is 15.5 Å². The number of nitrogens with one attached hydrogen (secondary N) is 1. The number of phenolic OH excluding ortho intramolecular Hbond substituents is 1. The Morgan fingerprint density at radius 1 is 1.19 bits per heavy atom. The van der Waals surface area contributed by atoms with Gasteiger partial charge in [-0.25, -0.2) is 0 Å². The van der Waals surface area contributed by atoms with Crippen LogP contribution in [0, 0.1) is 0 Å². The first-order valence-electron chi connectivity index (χ1n) is 6.90. The molecule has 3 N–H and O–H groups in total. The smallest absolute Gasteiger partial charge is 0.325 e. The number of carboxylic acids is 1. The second kappa shape index (κ2) is 7.08. The number of hydrogen-bond donors (Lipinski definition) is 3. The van der Waals surface area contributed by atoms with Crippen molar-refractivity contribution in [3.8, 4) is 5.75 Å². The predicted octanol–water partition coefficient (Wildman–Crippen LogP) is 1.31. The number of likely N-dealkylation sites (N-methyl/N-ethyl adjacent to an activating group) is 1. The lowest BCUT2D eigenvalue weighted by Crippen LogP contribution is -2.58. The molecule has 6 nitrogen and oxygen atoms in total. The van der Waals surface area contributed by atoms with Gasteiger partial charge in [-0.1, -0.05) is 13.8 Å². The molecule has 0 saturated carbocycles. The Hall–Kier alpha value is -2.08. The number of aliphatic carboxylic acids is 1.